The Balaban J connectivity index is -0.000000114. The Labute approximate surface area is 141 Å². The summed E-state index contributed by atoms with van der Waals surface area (Å²) >= 11 is 5.23. The summed E-state index contributed by atoms with van der Waals surface area (Å²) in [5.41, 5.74) is 0.353. The molecule has 0 N–H and O–H groups in total. The largest absolute Gasteiger partial charge is 0.300 e. The first kappa shape index (κ1) is 29.1. The van der Waals surface area contributed by atoms with Crippen LogP contribution in [0.4, 0.5) is 8.78 Å². The summed E-state index contributed by atoms with van der Waals surface area (Å²) in [6, 6.07) is 2.48. The molecule has 0 aliphatic heterocycles. The number of aryl methyl sites for hydroxylation is 1. The van der Waals surface area contributed by atoms with Gasteiger partial charge >= 0.3 is 0 Å². The predicted octanol–water partition coefficient (Wildman–Crippen LogP) is 7.38. The Morgan fingerprint density at radius 3 is 1.55 bits per heavy atom. The Kier molecular flexibility index (Phi) is 29.5. The van der Waals surface area contributed by atoms with Gasteiger partial charge in [0.15, 0.2) is 0 Å². The number of benzene rings is 1. The fourth-order valence-electron chi connectivity index (χ4n) is 0.622. The standard InChI is InChI=1S/C7H5ClF2.C4H10.C3H6O.2C2H6/c1-4-2-3-5(9)6(8)7(4)10;1-3-4-2;1-3(2)4;2*1-2/h2-3H,1H3;3-4H2,1-2H3;1-2H3;2*1-2H3. The van der Waals surface area contributed by atoms with Gasteiger partial charge in [-0.25, -0.2) is 8.78 Å². The van der Waals surface area contributed by atoms with Crippen molar-refractivity contribution in [1.82, 2.24) is 0 Å². The number of ketones is 1. The zero-order chi connectivity index (χ0) is 18.7. The van der Waals surface area contributed by atoms with E-state index >= 15 is 0 Å². The summed E-state index contributed by atoms with van der Waals surface area (Å²) in [5, 5.41) is -0.431. The van der Waals surface area contributed by atoms with Crippen molar-refractivity contribution in [3.05, 3.63) is 34.4 Å². The second kappa shape index (κ2) is 22.3. The quantitative estimate of drug-likeness (QED) is 0.488. The fraction of sp³-hybridized carbons (Fsp3) is 0.611. The van der Waals surface area contributed by atoms with Gasteiger partial charge in [-0.1, -0.05) is 72.1 Å². The predicted molar refractivity (Wildman–Crippen MR) is 95.7 cm³/mol. The van der Waals surface area contributed by atoms with Gasteiger partial charge in [-0.05, 0) is 32.4 Å². The Bertz CT molecular complexity index is 333. The molecule has 0 spiro atoms. The molecule has 22 heavy (non-hydrogen) atoms. The smallest absolute Gasteiger partial charge is 0.147 e. The summed E-state index contributed by atoms with van der Waals surface area (Å²) in [6.45, 7) is 16.9. The Hall–Kier alpha value is -0.960. The molecular weight excluding hydrogens is 306 g/mol. The Morgan fingerprint density at radius 2 is 1.32 bits per heavy atom. The van der Waals surface area contributed by atoms with E-state index in [-0.39, 0.29) is 5.78 Å². The van der Waals surface area contributed by atoms with Crippen LogP contribution in [0.1, 0.15) is 73.8 Å². The van der Waals surface area contributed by atoms with E-state index in [9.17, 15) is 13.6 Å². The monoisotopic (exact) mass is 338 g/mol. The third kappa shape index (κ3) is 21.3. The molecule has 0 atom stereocenters. The maximum atomic E-state index is 12.6. The van der Waals surface area contributed by atoms with Crippen LogP contribution < -0.4 is 0 Å². The highest BCUT2D eigenvalue weighted by Gasteiger charge is 2.07. The van der Waals surface area contributed by atoms with E-state index in [1.165, 1.54) is 39.7 Å². The zero-order valence-corrected chi connectivity index (χ0v) is 16.4. The van der Waals surface area contributed by atoms with E-state index in [2.05, 4.69) is 13.8 Å². The van der Waals surface area contributed by atoms with Gasteiger partial charge in [0.25, 0.3) is 0 Å². The fourth-order valence-corrected chi connectivity index (χ4v) is 0.834. The summed E-state index contributed by atoms with van der Waals surface area (Å²) in [4.78, 5) is 9.44. The van der Waals surface area contributed by atoms with Crippen molar-refractivity contribution < 1.29 is 13.6 Å². The van der Waals surface area contributed by atoms with Crippen LogP contribution in [0.5, 0.6) is 0 Å². The number of Topliss-reactive ketones (excluding diaryl/α,β-unsaturated/α-hetero) is 1. The molecule has 0 aromatic heterocycles. The lowest BCUT2D eigenvalue weighted by molar-refractivity contribution is -0.114. The topological polar surface area (TPSA) is 17.1 Å². The summed E-state index contributed by atoms with van der Waals surface area (Å²) in [7, 11) is 0. The zero-order valence-electron chi connectivity index (χ0n) is 15.6. The van der Waals surface area contributed by atoms with Crippen LogP contribution >= 0.6 is 11.6 Å². The first-order chi connectivity index (χ1) is 10.3. The molecule has 0 radical (unpaired) electrons. The van der Waals surface area contributed by atoms with Gasteiger partial charge in [0.1, 0.15) is 22.4 Å². The highest BCUT2D eigenvalue weighted by Crippen LogP contribution is 2.20. The van der Waals surface area contributed by atoms with Crippen molar-refractivity contribution in [1.29, 1.82) is 0 Å². The van der Waals surface area contributed by atoms with Crippen molar-refractivity contribution in [2.45, 2.75) is 75.2 Å². The number of unbranched alkanes of at least 4 members (excludes halogenated alkanes) is 1. The minimum atomic E-state index is -0.718. The van der Waals surface area contributed by atoms with Gasteiger partial charge in [-0.3, -0.25) is 0 Å². The van der Waals surface area contributed by atoms with E-state index in [1.807, 2.05) is 27.7 Å². The number of rotatable bonds is 1. The molecule has 0 fully saturated rings. The molecular formula is C18H33ClF2O. The SMILES string of the molecule is CC.CC.CC(C)=O.CCCC.Cc1ccc(F)c(Cl)c1F. The Morgan fingerprint density at radius 1 is 1.00 bits per heavy atom. The van der Waals surface area contributed by atoms with Crippen LogP contribution in [0.25, 0.3) is 0 Å². The van der Waals surface area contributed by atoms with Crippen molar-refractivity contribution in [3.63, 3.8) is 0 Å². The minimum absolute atomic E-state index is 0.167. The van der Waals surface area contributed by atoms with E-state index in [4.69, 9.17) is 11.6 Å². The second-order valence-electron chi connectivity index (χ2n) is 3.90. The second-order valence-corrected chi connectivity index (χ2v) is 4.28. The van der Waals surface area contributed by atoms with Crippen molar-refractivity contribution in [2.24, 2.45) is 0 Å². The van der Waals surface area contributed by atoms with Crippen LogP contribution in [-0.4, -0.2) is 5.78 Å². The van der Waals surface area contributed by atoms with Gasteiger partial charge in [0.2, 0.25) is 0 Å². The van der Waals surface area contributed by atoms with Crippen molar-refractivity contribution in [2.75, 3.05) is 0 Å². The van der Waals surface area contributed by atoms with E-state index in [0.717, 1.165) is 6.07 Å². The lowest BCUT2D eigenvalue weighted by atomic mass is 10.2. The number of hydrogen-bond acceptors (Lipinski definition) is 1. The number of carbonyl (C=O) groups excluding carboxylic acids is 1. The maximum absolute atomic E-state index is 12.6. The lowest BCUT2D eigenvalue weighted by Gasteiger charge is -1.97. The molecule has 1 rings (SSSR count). The van der Waals surface area contributed by atoms with Crippen molar-refractivity contribution >= 4 is 17.4 Å². The average Bonchev–Trinajstić information content (AvgIpc) is 2.53. The summed E-state index contributed by atoms with van der Waals surface area (Å²) < 4.78 is 25.0. The third-order valence-electron chi connectivity index (χ3n) is 1.73. The molecule has 0 saturated heterocycles. The van der Waals surface area contributed by atoms with Gasteiger partial charge in [-0.2, -0.15) is 0 Å². The normalized spacial score (nSPS) is 7.64. The van der Waals surface area contributed by atoms with E-state index < -0.39 is 16.7 Å². The molecule has 0 aliphatic carbocycles. The van der Waals surface area contributed by atoms with Gasteiger partial charge < -0.3 is 4.79 Å². The molecule has 132 valence electrons. The van der Waals surface area contributed by atoms with E-state index in [0.29, 0.717) is 5.56 Å². The molecule has 0 amide bonds. The summed E-state index contributed by atoms with van der Waals surface area (Å²) in [5.74, 6) is -1.23. The molecule has 1 aromatic rings. The molecule has 0 aliphatic rings. The van der Waals surface area contributed by atoms with E-state index in [1.54, 1.807) is 0 Å². The van der Waals surface area contributed by atoms with Crippen LogP contribution in [0.15, 0.2) is 12.1 Å². The average molecular weight is 339 g/mol. The number of carbonyl (C=O) groups is 1. The molecule has 0 saturated carbocycles. The lowest BCUT2D eigenvalue weighted by Crippen LogP contribution is -1.86. The molecule has 0 heterocycles. The maximum Gasteiger partial charge on any atom is 0.147 e. The number of halogens is 3. The van der Waals surface area contributed by atoms with Crippen LogP contribution in [-0.2, 0) is 4.79 Å². The molecule has 4 heteroatoms. The molecule has 0 unspecified atom stereocenters. The van der Waals surface area contributed by atoms with Crippen LogP contribution in [0, 0.1) is 18.6 Å². The van der Waals surface area contributed by atoms with Crippen LogP contribution in [0.3, 0.4) is 0 Å². The molecule has 1 aromatic carbocycles. The highest BCUT2D eigenvalue weighted by atomic mass is 35.5. The first-order valence-corrected chi connectivity index (χ1v) is 8.22. The van der Waals surface area contributed by atoms with Crippen LogP contribution in [0.2, 0.25) is 5.02 Å². The molecule has 0 bridgehead atoms. The van der Waals surface area contributed by atoms with Gasteiger partial charge in [0, 0.05) is 0 Å². The first-order valence-electron chi connectivity index (χ1n) is 7.85. The van der Waals surface area contributed by atoms with Gasteiger partial charge in [-0.15, -0.1) is 0 Å². The minimum Gasteiger partial charge on any atom is -0.300 e. The van der Waals surface area contributed by atoms with Gasteiger partial charge in [0.05, 0.1) is 0 Å². The van der Waals surface area contributed by atoms with Crippen molar-refractivity contribution in [3.8, 4) is 0 Å². The summed E-state index contributed by atoms with van der Waals surface area (Å²) in [6.07, 6.45) is 2.64. The molecule has 1 nitrogen and oxygen atoms in total. The third-order valence-corrected chi connectivity index (χ3v) is 2.07. The number of hydrogen-bond donors (Lipinski definition) is 0. The highest BCUT2D eigenvalue weighted by molar-refractivity contribution is 6.30.